The third-order valence-electron chi connectivity index (χ3n) is 1.95. The summed E-state index contributed by atoms with van der Waals surface area (Å²) < 4.78 is 5.31. The van der Waals surface area contributed by atoms with Crippen LogP contribution in [-0.4, -0.2) is 0 Å². The van der Waals surface area contributed by atoms with E-state index in [0.717, 1.165) is 16.2 Å². The van der Waals surface area contributed by atoms with E-state index in [4.69, 9.17) is 15.4 Å². The van der Waals surface area contributed by atoms with E-state index in [1.165, 1.54) is 11.3 Å². The van der Waals surface area contributed by atoms with Gasteiger partial charge in [0, 0.05) is 0 Å². The van der Waals surface area contributed by atoms with Gasteiger partial charge in [0.15, 0.2) is 0 Å². The molecule has 3 nitrogen and oxygen atoms in total. The molecular formula is C10H8N2OS. The first-order valence-corrected chi connectivity index (χ1v) is 4.88. The maximum atomic E-state index is 8.75. The molecule has 0 saturated carbocycles. The first-order valence-electron chi connectivity index (χ1n) is 4.06. The fourth-order valence-electron chi connectivity index (χ4n) is 1.23. The van der Waals surface area contributed by atoms with E-state index in [-0.39, 0.29) is 0 Å². The van der Waals surface area contributed by atoms with Gasteiger partial charge < -0.3 is 10.2 Å². The highest BCUT2D eigenvalue weighted by Gasteiger charge is 2.11. The molecule has 0 unspecified atom stereocenters. The van der Waals surface area contributed by atoms with Crippen molar-refractivity contribution >= 4 is 17.0 Å². The number of rotatable bonds is 1. The van der Waals surface area contributed by atoms with E-state index in [1.807, 2.05) is 19.1 Å². The Morgan fingerprint density at radius 1 is 1.57 bits per heavy atom. The Bertz CT molecular complexity index is 504. The van der Waals surface area contributed by atoms with Crippen molar-refractivity contribution < 1.29 is 4.42 Å². The first kappa shape index (κ1) is 8.85. The second-order valence-electron chi connectivity index (χ2n) is 2.94. The molecule has 2 aromatic heterocycles. The van der Waals surface area contributed by atoms with Crippen molar-refractivity contribution in [1.82, 2.24) is 0 Å². The summed E-state index contributed by atoms with van der Waals surface area (Å²) >= 11 is 1.35. The van der Waals surface area contributed by atoms with Crippen molar-refractivity contribution in [2.75, 3.05) is 5.73 Å². The zero-order chi connectivity index (χ0) is 10.1. The quantitative estimate of drug-likeness (QED) is 0.776. The smallest absolute Gasteiger partial charge is 0.146 e. The van der Waals surface area contributed by atoms with Crippen molar-refractivity contribution in [2.45, 2.75) is 6.92 Å². The Morgan fingerprint density at radius 2 is 2.36 bits per heavy atom. The number of nitrogens with zero attached hydrogens (tertiary/aromatic N) is 1. The average molecular weight is 204 g/mol. The van der Waals surface area contributed by atoms with E-state index in [2.05, 4.69) is 0 Å². The molecule has 0 aliphatic rings. The summed E-state index contributed by atoms with van der Waals surface area (Å²) in [6, 6.07) is 5.71. The zero-order valence-electron chi connectivity index (χ0n) is 7.57. The predicted molar refractivity (Wildman–Crippen MR) is 55.9 cm³/mol. The third-order valence-corrected chi connectivity index (χ3v) is 3.00. The lowest BCUT2D eigenvalue weighted by molar-refractivity contribution is 0.582. The lowest BCUT2D eigenvalue weighted by Crippen LogP contribution is -1.81. The average Bonchev–Trinajstić information content (AvgIpc) is 2.71. The summed E-state index contributed by atoms with van der Waals surface area (Å²) in [6.07, 6.45) is 1.63. The second kappa shape index (κ2) is 3.20. The standard InChI is InChI=1S/C10H8N2OS/c1-6-2-3-13-10(6)8-4-7(12)9(5-11)14-8/h2-4H,12H2,1H3. The van der Waals surface area contributed by atoms with Gasteiger partial charge in [-0.3, -0.25) is 0 Å². The minimum atomic E-state index is 0.517. The van der Waals surface area contributed by atoms with Crippen molar-refractivity contribution in [1.29, 1.82) is 5.26 Å². The maximum absolute atomic E-state index is 8.75. The van der Waals surface area contributed by atoms with Crippen LogP contribution in [0.1, 0.15) is 10.4 Å². The highest BCUT2D eigenvalue weighted by molar-refractivity contribution is 7.16. The number of nitriles is 1. The molecule has 0 aliphatic heterocycles. The Hall–Kier alpha value is -1.73. The van der Waals surface area contributed by atoms with Crippen LogP contribution in [-0.2, 0) is 0 Å². The van der Waals surface area contributed by atoms with E-state index in [9.17, 15) is 0 Å². The van der Waals surface area contributed by atoms with Crippen LogP contribution in [0.5, 0.6) is 0 Å². The van der Waals surface area contributed by atoms with Crippen LogP contribution in [0.4, 0.5) is 5.69 Å². The van der Waals surface area contributed by atoms with Gasteiger partial charge in [-0.15, -0.1) is 11.3 Å². The Kier molecular flexibility index (Phi) is 2.02. The van der Waals surface area contributed by atoms with Gasteiger partial charge >= 0.3 is 0 Å². The molecule has 2 rings (SSSR count). The molecule has 0 amide bonds. The normalized spacial score (nSPS) is 10.0. The molecule has 70 valence electrons. The Labute approximate surface area is 85.4 Å². The van der Waals surface area contributed by atoms with E-state index < -0.39 is 0 Å². The SMILES string of the molecule is Cc1ccoc1-c1cc(N)c(C#N)s1. The Morgan fingerprint density at radius 3 is 2.86 bits per heavy atom. The molecule has 0 aromatic carbocycles. The molecule has 2 heterocycles. The van der Waals surface area contributed by atoms with Gasteiger partial charge in [0.2, 0.25) is 0 Å². The number of thiophene rings is 1. The number of nitrogens with two attached hydrogens (primary N) is 1. The number of furan rings is 1. The highest BCUT2D eigenvalue weighted by Crippen LogP contribution is 2.34. The number of hydrogen-bond donors (Lipinski definition) is 1. The fourth-order valence-corrected chi connectivity index (χ4v) is 2.16. The summed E-state index contributed by atoms with van der Waals surface area (Å²) in [4.78, 5) is 1.44. The lowest BCUT2D eigenvalue weighted by Gasteiger charge is -1.90. The summed E-state index contributed by atoms with van der Waals surface area (Å²) in [5, 5.41) is 8.75. The first-order chi connectivity index (χ1) is 6.72. The minimum absolute atomic E-state index is 0.517. The molecule has 2 N–H and O–H groups in total. The molecular weight excluding hydrogens is 196 g/mol. The number of aryl methyl sites for hydroxylation is 1. The fraction of sp³-hybridized carbons (Fsp3) is 0.100. The number of hydrogen-bond acceptors (Lipinski definition) is 4. The van der Waals surface area contributed by atoms with Gasteiger partial charge in [-0.2, -0.15) is 5.26 Å². The van der Waals surface area contributed by atoms with Crippen LogP contribution in [0, 0.1) is 18.3 Å². The molecule has 0 fully saturated rings. The molecule has 0 spiro atoms. The van der Waals surface area contributed by atoms with Crippen LogP contribution >= 0.6 is 11.3 Å². The molecule has 2 aromatic rings. The highest BCUT2D eigenvalue weighted by atomic mass is 32.1. The molecule has 0 saturated heterocycles. The lowest BCUT2D eigenvalue weighted by atomic mass is 10.2. The van der Waals surface area contributed by atoms with Crippen molar-refractivity contribution in [3.05, 3.63) is 28.8 Å². The Balaban J connectivity index is 2.54. The molecule has 0 aliphatic carbocycles. The van der Waals surface area contributed by atoms with Crippen molar-refractivity contribution in [3.63, 3.8) is 0 Å². The van der Waals surface area contributed by atoms with Gasteiger partial charge in [0.05, 0.1) is 16.8 Å². The maximum Gasteiger partial charge on any atom is 0.146 e. The van der Waals surface area contributed by atoms with Crippen LogP contribution < -0.4 is 5.73 Å². The van der Waals surface area contributed by atoms with Gasteiger partial charge in [-0.1, -0.05) is 0 Å². The predicted octanol–water partition coefficient (Wildman–Crippen LogP) is 2.77. The van der Waals surface area contributed by atoms with Crippen molar-refractivity contribution in [2.24, 2.45) is 0 Å². The molecule has 0 radical (unpaired) electrons. The van der Waals surface area contributed by atoms with E-state index in [1.54, 1.807) is 12.3 Å². The minimum Gasteiger partial charge on any atom is -0.463 e. The zero-order valence-corrected chi connectivity index (χ0v) is 8.39. The van der Waals surface area contributed by atoms with Crippen LogP contribution in [0.15, 0.2) is 22.8 Å². The van der Waals surface area contributed by atoms with E-state index in [0.29, 0.717) is 10.6 Å². The second-order valence-corrected chi connectivity index (χ2v) is 3.99. The number of anilines is 1. The van der Waals surface area contributed by atoms with Gasteiger partial charge in [0.25, 0.3) is 0 Å². The molecule has 0 atom stereocenters. The summed E-state index contributed by atoms with van der Waals surface area (Å²) in [7, 11) is 0. The number of nitrogen functional groups attached to an aromatic ring is 1. The molecule has 0 bridgehead atoms. The van der Waals surface area contributed by atoms with Crippen LogP contribution in [0.3, 0.4) is 0 Å². The van der Waals surface area contributed by atoms with E-state index >= 15 is 0 Å². The summed E-state index contributed by atoms with van der Waals surface area (Å²) in [6.45, 7) is 1.96. The topological polar surface area (TPSA) is 62.9 Å². The summed E-state index contributed by atoms with van der Waals surface area (Å²) in [5.41, 5.74) is 7.22. The van der Waals surface area contributed by atoms with Crippen molar-refractivity contribution in [3.8, 4) is 16.7 Å². The molecule has 4 heteroatoms. The molecule has 14 heavy (non-hydrogen) atoms. The monoisotopic (exact) mass is 204 g/mol. The van der Waals surface area contributed by atoms with Gasteiger partial charge in [-0.25, -0.2) is 0 Å². The van der Waals surface area contributed by atoms with Gasteiger partial charge in [-0.05, 0) is 24.6 Å². The van der Waals surface area contributed by atoms with Crippen LogP contribution in [0.2, 0.25) is 0 Å². The van der Waals surface area contributed by atoms with Crippen LogP contribution in [0.25, 0.3) is 10.6 Å². The van der Waals surface area contributed by atoms with Gasteiger partial charge in [0.1, 0.15) is 16.7 Å². The third kappa shape index (κ3) is 1.28. The summed E-state index contributed by atoms with van der Waals surface area (Å²) in [5.74, 6) is 0.795. The largest absolute Gasteiger partial charge is 0.463 e.